The van der Waals surface area contributed by atoms with Crippen LogP contribution in [0.2, 0.25) is 0 Å². The van der Waals surface area contributed by atoms with Crippen LogP contribution in [-0.4, -0.2) is 12.6 Å². The maximum absolute atomic E-state index is 11.4. The Bertz CT molecular complexity index is 366. The molecule has 88 valence electrons. The minimum absolute atomic E-state index is 0.143. The van der Waals surface area contributed by atoms with Crippen molar-refractivity contribution < 1.29 is 4.79 Å². The van der Waals surface area contributed by atoms with Crippen LogP contribution in [0.4, 0.5) is 10.5 Å². The maximum atomic E-state index is 11.4. The molecule has 0 bridgehead atoms. The average molecular weight is 285 g/mol. The van der Waals surface area contributed by atoms with Crippen LogP contribution in [0.25, 0.3) is 0 Å². The van der Waals surface area contributed by atoms with Gasteiger partial charge in [-0.3, -0.25) is 0 Å². The molecule has 3 nitrogen and oxygen atoms in total. The lowest BCUT2D eigenvalue weighted by Gasteiger charge is -2.08. The highest BCUT2D eigenvalue weighted by Crippen LogP contribution is 2.19. The number of amides is 2. The third-order valence-corrected chi connectivity index (χ3v) is 3.12. The summed E-state index contributed by atoms with van der Waals surface area (Å²) < 4.78 is 1.05. The van der Waals surface area contributed by atoms with Gasteiger partial charge in [0, 0.05) is 16.7 Å². The second kappa shape index (κ2) is 6.53. The Morgan fingerprint density at radius 1 is 1.44 bits per heavy atom. The number of nitrogens with one attached hydrogen (secondary N) is 2. The quantitative estimate of drug-likeness (QED) is 0.814. The number of unbranched alkanes of at least 4 members (excludes halogenated alkanes) is 1. The SMILES string of the molecule is CCCCNC(=O)Nc1ccc(Br)c(C)c1. The van der Waals surface area contributed by atoms with Crippen LogP contribution in [0.3, 0.4) is 0 Å². The van der Waals surface area contributed by atoms with Crippen molar-refractivity contribution in [3.8, 4) is 0 Å². The van der Waals surface area contributed by atoms with E-state index in [4.69, 9.17) is 0 Å². The van der Waals surface area contributed by atoms with E-state index in [0.717, 1.165) is 35.1 Å². The van der Waals surface area contributed by atoms with Crippen LogP contribution in [0.1, 0.15) is 25.3 Å². The molecule has 0 unspecified atom stereocenters. The lowest BCUT2D eigenvalue weighted by molar-refractivity contribution is 0.252. The van der Waals surface area contributed by atoms with E-state index in [-0.39, 0.29) is 6.03 Å². The number of benzene rings is 1. The fourth-order valence-electron chi connectivity index (χ4n) is 1.28. The highest BCUT2D eigenvalue weighted by atomic mass is 79.9. The van der Waals surface area contributed by atoms with Crippen molar-refractivity contribution in [2.75, 3.05) is 11.9 Å². The molecule has 0 saturated heterocycles. The summed E-state index contributed by atoms with van der Waals surface area (Å²) in [5.74, 6) is 0. The van der Waals surface area contributed by atoms with E-state index in [1.165, 1.54) is 0 Å². The molecular formula is C12H17BrN2O. The topological polar surface area (TPSA) is 41.1 Å². The molecule has 0 atom stereocenters. The Labute approximate surface area is 105 Å². The Morgan fingerprint density at radius 2 is 2.19 bits per heavy atom. The van der Waals surface area contributed by atoms with E-state index in [1.807, 2.05) is 25.1 Å². The first-order valence-corrected chi connectivity index (χ1v) is 6.23. The van der Waals surface area contributed by atoms with Crippen molar-refractivity contribution in [1.29, 1.82) is 0 Å². The van der Waals surface area contributed by atoms with Gasteiger partial charge >= 0.3 is 6.03 Å². The van der Waals surface area contributed by atoms with Gasteiger partial charge in [-0.2, -0.15) is 0 Å². The second-order valence-corrected chi connectivity index (χ2v) is 4.55. The number of anilines is 1. The Kier molecular flexibility index (Phi) is 5.32. The van der Waals surface area contributed by atoms with Crippen LogP contribution in [0.15, 0.2) is 22.7 Å². The van der Waals surface area contributed by atoms with Gasteiger partial charge in [0.05, 0.1) is 0 Å². The van der Waals surface area contributed by atoms with Crippen molar-refractivity contribution in [3.05, 3.63) is 28.2 Å². The molecule has 1 aromatic rings. The largest absolute Gasteiger partial charge is 0.338 e. The number of carbonyl (C=O) groups is 1. The predicted molar refractivity (Wildman–Crippen MR) is 70.8 cm³/mol. The number of hydrogen-bond acceptors (Lipinski definition) is 1. The van der Waals surface area contributed by atoms with E-state index in [1.54, 1.807) is 0 Å². The standard InChI is InChI=1S/C12H17BrN2O/c1-3-4-7-14-12(16)15-10-5-6-11(13)9(2)8-10/h5-6,8H,3-4,7H2,1-2H3,(H2,14,15,16). The Hall–Kier alpha value is -1.03. The third kappa shape index (κ3) is 4.23. The first kappa shape index (κ1) is 13.0. The molecule has 0 aliphatic rings. The molecule has 1 aromatic carbocycles. The first-order chi connectivity index (χ1) is 7.63. The molecule has 2 amide bonds. The highest BCUT2D eigenvalue weighted by Gasteiger charge is 2.01. The van der Waals surface area contributed by atoms with E-state index >= 15 is 0 Å². The molecule has 0 aliphatic heterocycles. The van der Waals surface area contributed by atoms with E-state index < -0.39 is 0 Å². The fourth-order valence-corrected chi connectivity index (χ4v) is 1.52. The second-order valence-electron chi connectivity index (χ2n) is 3.70. The minimum atomic E-state index is -0.143. The van der Waals surface area contributed by atoms with Gasteiger partial charge in [-0.05, 0) is 37.1 Å². The van der Waals surface area contributed by atoms with Crippen molar-refractivity contribution in [3.63, 3.8) is 0 Å². The molecule has 0 heterocycles. The summed E-state index contributed by atoms with van der Waals surface area (Å²) in [6, 6.07) is 5.59. The number of carbonyl (C=O) groups excluding carboxylic acids is 1. The highest BCUT2D eigenvalue weighted by molar-refractivity contribution is 9.10. The summed E-state index contributed by atoms with van der Waals surface area (Å²) in [5, 5.41) is 5.60. The zero-order valence-electron chi connectivity index (χ0n) is 9.64. The van der Waals surface area contributed by atoms with Gasteiger partial charge < -0.3 is 10.6 Å². The molecular weight excluding hydrogens is 268 g/mol. The fraction of sp³-hybridized carbons (Fsp3) is 0.417. The predicted octanol–water partition coefficient (Wildman–Crippen LogP) is 3.68. The summed E-state index contributed by atoms with van der Waals surface area (Å²) in [6.45, 7) is 4.81. The molecule has 0 saturated carbocycles. The van der Waals surface area contributed by atoms with Crippen molar-refractivity contribution >= 4 is 27.6 Å². The molecule has 1 rings (SSSR count). The van der Waals surface area contributed by atoms with Crippen LogP contribution in [-0.2, 0) is 0 Å². The molecule has 0 radical (unpaired) electrons. The van der Waals surface area contributed by atoms with Gasteiger partial charge in [0.25, 0.3) is 0 Å². The third-order valence-electron chi connectivity index (χ3n) is 2.23. The van der Waals surface area contributed by atoms with E-state index in [0.29, 0.717) is 0 Å². The number of hydrogen-bond donors (Lipinski definition) is 2. The van der Waals surface area contributed by atoms with Gasteiger partial charge in [0.2, 0.25) is 0 Å². The van der Waals surface area contributed by atoms with Gasteiger partial charge in [-0.25, -0.2) is 4.79 Å². The van der Waals surface area contributed by atoms with Crippen LogP contribution >= 0.6 is 15.9 Å². The summed E-state index contributed by atoms with van der Waals surface area (Å²) in [7, 11) is 0. The van der Waals surface area contributed by atoms with Gasteiger partial charge in [0.15, 0.2) is 0 Å². The minimum Gasteiger partial charge on any atom is -0.338 e. The number of halogens is 1. The zero-order chi connectivity index (χ0) is 12.0. The number of urea groups is 1. The summed E-state index contributed by atoms with van der Waals surface area (Å²) in [6.07, 6.45) is 2.09. The summed E-state index contributed by atoms with van der Waals surface area (Å²) in [5.41, 5.74) is 1.92. The van der Waals surface area contributed by atoms with Crippen molar-refractivity contribution in [1.82, 2.24) is 5.32 Å². The smallest absolute Gasteiger partial charge is 0.319 e. The normalized spacial score (nSPS) is 9.94. The summed E-state index contributed by atoms with van der Waals surface area (Å²) >= 11 is 3.42. The zero-order valence-corrected chi connectivity index (χ0v) is 11.2. The van der Waals surface area contributed by atoms with Crippen molar-refractivity contribution in [2.24, 2.45) is 0 Å². The Balaban J connectivity index is 2.46. The Morgan fingerprint density at radius 3 is 2.81 bits per heavy atom. The van der Waals surface area contributed by atoms with E-state index in [9.17, 15) is 4.79 Å². The first-order valence-electron chi connectivity index (χ1n) is 5.44. The molecule has 0 aromatic heterocycles. The summed E-state index contributed by atoms with van der Waals surface area (Å²) in [4.78, 5) is 11.4. The van der Waals surface area contributed by atoms with Gasteiger partial charge in [0.1, 0.15) is 0 Å². The van der Waals surface area contributed by atoms with Crippen LogP contribution in [0.5, 0.6) is 0 Å². The van der Waals surface area contributed by atoms with Crippen molar-refractivity contribution in [2.45, 2.75) is 26.7 Å². The molecule has 16 heavy (non-hydrogen) atoms. The lowest BCUT2D eigenvalue weighted by Crippen LogP contribution is -2.29. The van der Waals surface area contributed by atoms with Crippen LogP contribution in [0, 0.1) is 6.92 Å². The van der Waals surface area contributed by atoms with E-state index in [2.05, 4.69) is 33.5 Å². The monoisotopic (exact) mass is 284 g/mol. The molecule has 4 heteroatoms. The van der Waals surface area contributed by atoms with Gasteiger partial charge in [-0.15, -0.1) is 0 Å². The number of aryl methyl sites for hydroxylation is 1. The maximum Gasteiger partial charge on any atom is 0.319 e. The van der Waals surface area contributed by atoms with Crippen LogP contribution < -0.4 is 10.6 Å². The van der Waals surface area contributed by atoms with Gasteiger partial charge in [-0.1, -0.05) is 29.3 Å². The lowest BCUT2D eigenvalue weighted by atomic mass is 10.2. The molecule has 2 N–H and O–H groups in total. The molecule has 0 aliphatic carbocycles. The molecule has 0 fully saturated rings. The molecule has 0 spiro atoms. The number of rotatable bonds is 4. The average Bonchev–Trinajstić information content (AvgIpc) is 2.24.